The van der Waals surface area contributed by atoms with Gasteiger partial charge in [-0.05, 0) is 24.6 Å². The highest BCUT2D eigenvalue weighted by atomic mass is 35.5. The third-order valence-electron chi connectivity index (χ3n) is 3.50. The summed E-state index contributed by atoms with van der Waals surface area (Å²) in [6.45, 7) is 1.77. The molecule has 1 aromatic carbocycles. The Bertz CT molecular complexity index is 914. The van der Waals surface area contributed by atoms with Crippen LogP contribution in [0.3, 0.4) is 0 Å². The van der Waals surface area contributed by atoms with E-state index in [9.17, 15) is 0 Å². The van der Waals surface area contributed by atoms with Crippen LogP contribution in [-0.2, 0) is 0 Å². The van der Waals surface area contributed by atoms with Gasteiger partial charge in [-0.25, -0.2) is 9.97 Å². The largest absolute Gasteiger partial charge is 0.356 e. The molecule has 3 heterocycles. The number of benzene rings is 1. The topological polar surface area (TPSA) is 62.2 Å². The number of nitrogens with one attached hydrogen (secondary N) is 2. The Balaban J connectivity index is 1.55. The standard InChI is InChI=1S/C16H13Cl2N5S2/c17-10-4-9(5-11(18)6-10)14-21-12(7-24-14)13-8-25-16(22-13)23-15-19-2-1-3-20-15/h4-8H,1-3H2,(H2,19,20,22,23). The molecule has 0 amide bonds. The monoisotopic (exact) mass is 409 g/mol. The highest BCUT2D eigenvalue weighted by Crippen LogP contribution is 2.33. The molecule has 4 rings (SSSR count). The van der Waals surface area contributed by atoms with Crippen molar-refractivity contribution in [2.75, 3.05) is 18.4 Å². The molecule has 0 saturated heterocycles. The number of thiazole rings is 2. The van der Waals surface area contributed by atoms with Gasteiger partial charge in [0.05, 0.1) is 0 Å². The zero-order chi connectivity index (χ0) is 17.2. The lowest BCUT2D eigenvalue weighted by Gasteiger charge is -2.13. The molecule has 0 saturated carbocycles. The molecule has 0 unspecified atom stereocenters. The fourth-order valence-electron chi connectivity index (χ4n) is 2.37. The lowest BCUT2D eigenvalue weighted by atomic mass is 10.2. The van der Waals surface area contributed by atoms with Gasteiger partial charge < -0.3 is 10.6 Å². The number of aliphatic imine (C=N–C) groups is 1. The van der Waals surface area contributed by atoms with Gasteiger partial charge in [0, 0.05) is 39.5 Å². The highest BCUT2D eigenvalue weighted by Gasteiger charge is 2.12. The van der Waals surface area contributed by atoms with Crippen molar-refractivity contribution < 1.29 is 0 Å². The van der Waals surface area contributed by atoms with E-state index in [-0.39, 0.29) is 0 Å². The molecule has 128 valence electrons. The summed E-state index contributed by atoms with van der Waals surface area (Å²) in [5.41, 5.74) is 2.57. The number of anilines is 1. The van der Waals surface area contributed by atoms with Crippen molar-refractivity contribution in [1.82, 2.24) is 15.3 Å². The second kappa shape index (κ2) is 7.29. The number of hydrogen-bond donors (Lipinski definition) is 2. The molecule has 0 radical (unpaired) electrons. The SMILES string of the molecule is Clc1cc(Cl)cc(-c2nc(-c3csc(NC4=NCCCN4)n3)cs2)c1. The van der Waals surface area contributed by atoms with Crippen LogP contribution < -0.4 is 10.6 Å². The summed E-state index contributed by atoms with van der Waals surface area (Å²) in [6.07, 6.45) is 1.06. The highest BCUT2D eigenvalue weighted by molar-refractivity contribution is 7.14. The minimum absolute atomic E-state index is 0.597. The Morgan fingerprint density at radius 1 is 1.00 bits per heavy atom. The summed E-state index contributed by atoms with van der Waals surface area (Å²) < 4.78 is 0. The van der Waals surface area contributed by atoms with Gasteiger partial charge >= 0.3 is 0 Å². The summed E-state index contributed by atoms with van der Waals surface area (Å²) in [6, 6.07) is 5.43. The maximum atomic E-state index is 6.08. The zero-order valence-corrected chi connectivity index (χ0v) is 16.1. The van der Waals surface area contributed by atoms with Gasteiger partial charge in [-0.1, -0.05) is 23.2 Å². The van der Waals surface area contributed by atoms with Gasteiger partial charge in [-0.15, -0.1) is 22.7 Å². The molecule has 25 heavy (non-hydrogen) atoms. The molecule has 0 fully saturated rings. The number of hydrogen-bond acceptors (Lipinski definition) is 7. The van der Waals surface area contributed by atoms with Crippen molar-refractivity contribution in [3.63, 3.8) is 0 Å². The second-order valence-electron chi connectivity index (χ2n) is 5.37. The Labute approximate surface area is 162 Å². The van der Waals surface area contributed by atoms with E-state index < -0.39 is 0 Å². The van der Waals surface area contributed by atoms with Crippen molar-refractivity contribution in [3.8, 4) is 22.0 Å². The number of nitrogens with zero attached hydrogens (tertiary/aromatic N) is 3. The first-order valence-electron chi connectivity index (χ1n) is 7.60. The van der Waals surface area contributed by atoms with E-state index in [2.05, 4.69) is 25.6 Å². The smallest absolute Gasteiger partial charge is 0.197 e. The number of aromatic nitrogens is 2. The molecule has 9 heteroatoms. The molecule has 1 aliphatic rings. The van der Waals surface area contributed by atoms with Crippen LogP contribution in [0.5, 0.6) is 0 Å². The average molecular weight is 410 g/mol. The molecule has 2 N–H and O–H groups in total. The average Bonchev–Trinajstić information content (AvgIpc) is 3.24. The van der Waals surface area contributed by atoms with Crippen molar-refractivity contribution >= 4 is 57.0 Å². The van der Waals surface area contributed by atoms with E-state index in [0.717, 1.165) is 52.6 Å². The second-order valence-corrected chi connectivity index (χ2v) is 7.96. The first kappa shape index (κ1) is 16.8. The Kier molecular flexibility index (Phi) is 4.89. The summed E-state index contributed by atoms with van der Waals surface area (Å²) >= 11 is 15.2. The summed E-state index contributed by atoms with van der Waals surface area (Å²) in [5, 5.41) is 13.2. The first-order valence-corrected chi connectivity index (χ1v) is 10.1. The van der Waals surface area contributed by atoms with E-state index >= 15 is 0 Å². The predicted octanol–water partition coefficient (Wildman–Crippen LogP) is 5.00. The van der Waals surface area contributed by atoms with Crippen LogP contribution in [0.2, 0.25) is 10.0 Å². The Morgan fingerprint density at radius 2 is 1.76 bits per heavy atom. The van der Waals surface area contributed by atoms with Crippen molar-refractivity contribution in [2.45, 2.75) is 6.42 Å². The van der Waals surface area contributed by atoms with Crippen LogP contribution in [0.1, 0.15) is 6.42 Å². The van der Waals surface area contributed by atoms with Crippen molar-refractivity contribution in [1.29, 1.82) is 0 Å². The van der Waals surface area contributed by atoms with Gasteiger partial charge in [-0.2, -0.15) is 0 Å². The molecular formula is C16H13Cl2N5S2. The third-order valence-corrected chi connectivity index (χ3v) is 5.59. The van der Waals surface area contributed by atoms with Crippen LogP contribution in [0, 0.1) is 0 Å². The molecule has 0 atom stereocenters. The first-order chi connectivity index (χ1) is 12.2. The minimum atomic E-state index is 0.597. The quantitative estimate of drug-likeness (QED) is 0.638. The van der Waals surface area contributed by atoms with Crippen LogP contribution in [-0.4, -0.2) is 29.0 Å². The summed E-state index contributed by atoms with van der Waals surface area (Å²) in [5.74, 6) is 0.777. The van der Waals surface area contributed by atoms with Gasteiger partial charge in [0.25, 0.3) is 0 Å². The maximum absolute atomic E-state index is 6.08. The van der Waals surface area contributed by atoms with Gasteiger partial charge in [0.1, 0.15) is 16.4 Å². The Morgan fingerprint density at radius 3 is 2.52 bits per heavy atom. The summed E-state index contributed by atoms with van der Waals surface area (Å²) in [4.78, 5) is 13.6. The van der Waals surface area contributed by atoms with Gasteiger partial charge in [0.2, 0.25) is 0 Å². The molecule has 3 aromatic rings. The minimum Gasteiger partial charge on any atom is -0.356 e. The molecule has 0 bridgehead atoms. The van der Waals surface area contributed by atoms with E-state index in [4.69, 9.17) is 23.2 Å². The van der Waals surface area contributed by atoms with Crippen LogP contribution in [0.4, 0.5) is 5.13 Å². The van der Waals surface area contributed by atoms with Gasteiger partial charge in [0.15, 0.2) is 11.1 Å². The third kappa shape index (κ3) is 3.95. The lowest BCUT2D eigenvalue weighted by molar-refractivity contribution is 0.740. The van der Waals surface area contributed by atoms with Crippen LogP contribution in [0.15, 0.2) is 34.0 Å². The van der Waals surface area contributed by atoms with E-state index in [1.165, 1.54) is 22.7 Å². The van der Waals surface area contributed by atoms with Crippen LogP contribution in [0.25, 0.3) is 22.0 Å². The maximum Gasteiger partial charge on any atom is 0.197 e. The van der Waals surface area contributed by atoms with E-state index in [1.54, 1.807) is 6.07 Å². The molecular weight excluding hydrogens is 397 g/mol. The van der Waals surface area contributed by atoms with Crippen molar-refractivity contribution in [2.24, 2.45) is 4.99 Å². The zero-order valence-electron chi connectivity index (χ0n) is 12.9. The fraction of sp³-hybridized carbons (Fsp3) is 0.188. The molecule has 1 aliphatic heterocycles. The normalized spacial score (nSPS) is 14.1. The van der Waals surface area contributed by atoms with E-state index in [1.807, 2.05) is 22.9 Å². The van der Waals surface area contributed by atoms with Crippen molar-refractivity contribution in [3.05, 3.63) is 39.0 Å². The van der Waals surface area contributed by atoms with Gasteiger partial charge in [-0.3, -0.25) is 4.99 Å². The number of halogens is 2. The molecule has 0 spiro atoms. The number of rotatable bonds is 3. The molecule has 2 aromatic heterocycles. The predicted molar refractivity (Wildman–Crippen MR) is 107 cm³/mol. The lowest BCUT2D eigenvalue weighted by Crippen LogP contribution is -2.35. The van der Waals surface area contributed by atoms with E-state index in [0.29, 0.717) is 10.0 Å². The molecule has 0 aliphatic carbocycles. The van der Waals surface area contributed by atoms with Crippen LogP contribution >= 0.6 is 45.9 Å². The fourth-order valence-corrected chi connectivity index (χ4v) is 4.40. The summed E-state index contributed by atoms with van der Waals surface area (Å²) in [7, 11) is 0. The molecule has 5 nitrogen and oxygen atoms in total. The number of guanidine groups is 1. The Hall–Kier alpha value is -1.67.